The fourth-order valence-electron chi connectivity index (χ4n) is 1.19. The third-order valence-corrected chi connectivity index (χ3v) is 1.87. The van der Waals surface area contributed by atoms with Gasteiger partial charge in [0.2, 0.25) is 0 Å². The smallest absolute Gasteiger partial charge is 0.0949 e. The molecule has 3 atom stereocenters. The Labute approximate surface area is 54.5 Å². The van der Waals surface area contributed by atoms with Crippen molar-refractivity contribution in [1.82, 2.24) is 0 Å². The van der Waals surface area contributed by atoms with E-state index in [4.69, 9.17) is 15.9 Å². The maximum Gasteiger partial charge on any atom is 0.0949 e. The lowest BCUT2D eigenvalue weighted by atomic mass is 9.91. The minimum Gasteiger partial charge on any atom is -0.390 e. The predicted molar refractivity (Wildman–Crippen MR) is 33.8 cm³/mol. The Bertz CT molecular complexity index is 87.1. The first-order valence-corrected chi connectivity index (χ1v) is 3.33. The SMILES string of the molecule is N[C@@H]1CCCC(O)C1O. The van der Waals surface area contributed by atoms with Gasteiger partial charge in [0.1, 0.15) is 0 Å². The topological polar surface area (TPSA) is 66.5 Å². The number of hydrogen-bond acceptors (Lipinski definition) is 3. The highest BCUT2D eigenvalue weighted by Gasteiger charge is 2.26. The first-order chi connectivity index (χ1) is 4.22. The second kappa shape index (κ2) is 2.64. The lowest BCUT2D eigenvalue weighted by Gasteiger charge is -2.28. The van der Waals surface area contributed by atoms with Gasteiger partial charge < -0.3 is 15.9 Å². The molecule has 0 bridgehead atoms. The van der Waals surface area contributed by atoms with E-state index in [0.29, 0.717) is 6.42 Å². The number of hydrogen-bond donors (Lipinski definition) is 3. The molecule has 0 heterocycles. The minimum atomic E-state index is -0.696. The van der Waals surface area contributed by atoms with Crippen LogP contribution in [0.4, 0.5) is 0 Å². The molecule has 9 heavy (non-hydrogen) atoms. The summed E-state index contributed by atoms with van der Waals surface area (Å²) in [4.78, 5) is 0. The average molecular weight is 131 g/mol. The van der Waals surface area contributed by atoms with Crippen LogP contribution in [0, 0.1) is 0 Å². The van der Waals surface area contributed by atoms with Gasteiger partial charge in [-0.1, -0.05) is 0 Å². The molecule has 0 aliphatic heterocycles. The normalized spacial score (nSPS) is 45.0. The Hall–Kier alpha value is -0.120. The molecule has 54 valence electrons. The van der Waals surface area contributed by atoms with Crippen molar-refractivity contribution < 1.29 is 10.2 Å². The zero-order valence-corrected chi connectivity index (χ0v) is 5.33. The molecule has 4 N–H and O–H groups in total. The van der Waals surface area contributed by atoms with Gasteiger partial charge >= 0.3 is 0 Å². The summed E-state index contributed by atoms with van der Waals surface area (Å²) in [5.74, 6) is 0. The zero-order chi connectivity index (χ0) is 6.85. The van der Waals surface area contributed by atoms with E-state index < -0.39 is 12.2 Å². The van der Waals surface area contributed by atoms with Crippen LogP contribution in [0.2, 0.25) is 0 Å². The van der Waals surface area contributed by atoms with Crippen LogP contribution in [-0.4, -0.2) is 28.5 Å². The van der Waals surface area contributed by atoms with Crippen molar-refractivity contribution in [2.75, 3.05) is 0 Å². The molecular weight excluding hydrogens is 118 g/mol. The van der Waals surface area contributed by atoms with Crippen LogP contribution in [-0.2, 0) is 0 Å². The lowest BCUT2D eigenvalue weighted by Crippen LogP contribution is -2.46. The first-order valence-electron chi connectivity index (χ1n) is 3.33. The quantitative estimate of drug-likeness (QED) is 0.404. The van der Waals surface area contributed by atoms with Crippen molar-refractivity contribution in [3.63, 3.8) is 0 Å². The van der Waals surface area contributed by atoms with Gasteiger partial charge in [0.15, 0.2) is 0 Å². The highest BCUT2D eigenvalue weighted by atomic mass is 16.3. The lowest BCUT2D eigenvalue weighted by molar-refractivity contribution is -0.0205. The monoisotopic (exact) mass is 131 g/mol. The molecular formula is C6H13NO2. The Morgan fingerprint density at radius 3 is 2.33 bits per heavy atom. The van der Waals surface area contributed by atoms with Crippen molar-refractivity contribution in [1.29, 1.82) is 0 Å². The van der Waals surface area contributed by atoms with Crippen molar-refractivity contribution >= 4 is 0 Å². The maximum absolute atomic E-state index is 9.07. The van der Waals surface area contributed by atoms with Crippen LogP contribution >= 0.6 is 0 Å². The van der Waals surface area contributed by atoms with Crippen LogP contribution in [0.15, 0.2) is 0 Å². The van der Waals surface area contributed by atoms with Gasteiger partial charge in [-0.2, -0.15) is 0 Å². The molecule has 2 unspecified atom stereocenters. The van der Waals surface area contributed by atoms with Gasteiger partial charge in [-0.3, -0.25) is 0 Å². The van der Waals surface area contributed by atoms with E-state index in [-0.39, 0.29) is 6.04 Å². The summed E-state index contributed by atoms with van der Waals surface area (Å²) in [6, 6.07) is -0.214. The fraction of sp³-hybridized carbons (Fsp3) is 1.00. The summed E-state index contributed by atoms with van der Waals surface area (Å²) in [6.45, 7) is 0. The van der Waals surface area contributed by atoms with Crippen molar-refractivity contribution in [2.45, 2.75) is 37.5 Å². The second-order valence-corrected chi connectivity index (χ2v) is 2.65. The Morgan fingerprint density at radius 1 is 1.22 bits per heavy atom. The van der Waals surface area contributed by atoms with E-state index in [0.717, 1.165) is 12.8 Å². The summed E-state index contributed by atoms with van der Waals surface area (Å²) in [7, 11) is 0. The van der Waals surface area contributed by atoms with E-state index in [1.165, 1.54) is 0 Å². The van der Waals surface area contributed by atoms with Crippen molar-refractivity contribution in [2.24, 2.45) is 5.73 Å². The molecule has 0 amide bonds. The second-order valence-electron chi connectivity index (χ2n) is 2.65. The van der Waals surface area contributed by atoms with Crippen molar-refractivity contribution in [3.05, 3.63) is 0 Å². The summed E-state index contributed by atoms with van der Waals surface area (Å²) < 4.78 is 0. The molecule has 1 fully saturated rings. The molecule has 0 aromatic heterocycles. The van der Waals surface area contributed by atoms with E-state index >= 15 is 0 Å². The Kier molecular flexibility index (Phi) is 2.05. The van der Waals surface area contributed by atoms with Gasteiger partial charge in [-0.05, 0) is 19.3 Å². The van der Waals surface area contributed by atoms with E-state index in [1.54, 1.807) is 0 Å². The predicted octanol–water partition coefficient (Wildman–Crippen LogP) is -0.781. The van der Waals surface area contributed by atoms with E-state index in [1.807, 2.05) is 0 Å². The van der Waals surface area contributed by atoms with Crippen LogP contribution in [0.5, 0.6) is 0 Å². The molecule has 0 spiro atoms. The first kappa shape index (κ1) is 6.99. The third kappa shape index (κ3) is 1.41. The molecule has 0 aromatic carbocycles. The summed E-state index contributed by atoms with van der Waals surface area (Å²) in [6.07, 6.45) is 1.17. The largest absolute Gasteiger partial charge is 0.390 e. The van der Waals surface area contributed by atoms with Crippen LogP contribution < -0.4 is 5.73 Å². The fourth-order valence-corrected chi connectivity index (χ4v) is 1.19. The molecule has 0 aromatic rings. The highest BCUT2D eigenvalue weighted by molar-refractivity contribution is 4.83. The number of nitrogens with two attached hydrogens (primary N) is 1. The molecule has 3 nitrogen and oxygen atoms in total. The molecule has 0 saturated heterocycles. The molecule has 0 radical (unpaired) electrons. The molecule has 1 saturated carbocycles. The molecule has 3 heteroatoms. The Balaban J connectivity index is 2.41. The van der Waals surface area contributed by atoms with Crippen LogP contribution in [0.3, 0.4) is 0 Å². The minimum absolute atomic E-state index is 0.214. The standard InChI is InChI=1S/C6H13NO2/c7-4-2-1-3-5(8)6(4)9/h4-6,8-9H,1-3,7H2/t4-,5?,6?/m1/s1. The van der Waals surface area contributed by atoms with Gasteiger partial charge in [-0.15, -0.1) is 0 Å². The van der Waals surface area contributed by atoms with Crippen LogP contribution in [0.25, 0.3) is 0 Å². The van der Waals surface area contributed by atoms with Gasteiger partial charge in [0.25, 0.3) is 0 Å². The molecule has 1 aliphatic rings. The third-order valence-electron chi connectivity index (χ3n) is 1.87. The van der Waals surface area contributed by atoms with E-state index in [9.17, 15) is 0 Å². The maximum atomic E-state index is 9.07. The zero-order valence-electron chi connectivity index (χ0n) is 5.33. The molecule has 1 aliphatic carbocycles. The van der Waals surface area contributed by atoms with Gasteiger partial charge in [-0.25, -0.2) is 0 Å². The van der Waals surface area contributed by atoms with Gasteiger partial charge in [0, 0.05) is 6.04 Å². The van der Waals surface area contributed by atoms with Crippen molar-refractivity contribution in [3.8, 4) is 0 Å². The van der Waals surface area contributed by atoms with Crippen LogP contribution in [0.1, 0.15) is 19.3 Å². The average Bonchev–Trinajstić information content (AvgIpc) is 1.83. The Morgan fingerprint density at radius 2 is 1.89 bits per heavy atom. The van der Waals surface area contributed by atoms with E-state index in [2.05, 4.69) is 0 Å². The highest BCUT2D eigenvalue weighted by Crippen LogP contribution is 2.16. The number of aliphatic hydroxyl groups is 2. The summed E-state index contributed by atoms with van der Waals surface area (Å²) in [5.41, 5.74) is 5.46. The number of aliphatic hydroxyl groups excluding tert-OH is 2. The summed E-state index contributed by atoms with van der Waals surface area (Å²) >= 11 is 0. The van der Waals surface area contributed by atoms with Gasteiger partial charge in [0.05, 0.1) is 12.2 Å². The summed E-state index contributed by atoms with van der Waals surface area (Å²) in [5, 5.41) is 18.1. The number of rotatable bonds is 0. The molecule has 1 rings (SSSR count).